The standard InChI is InChI=1S/C26H42O4/c1-6-8-10-12-14-24(27)29-19-21-16-17-23(26(3,4)5)18-22(21)20-30-25(28)15-13-11-9-7-2/h16-18H,6-15,19-20H2,1-5H3. The van der Waals surface area contributed by atoms with Crippen LogP contribution in [0.4, 0.5) is 0 Å². The van der Waals surface area contributed by atoms with Gasteiger partial charge in [0, 0.05) is 12.8 Å². The summed E-state index contributed by atoms with van der Waals surface area (Å²) < 4.78 is 11.0. The Morgan fingerprint density at radius 2 is 1.23 bits per heavy atom. The van der Waals surface area contributed by atoms with Gasteiger partial charge in [0.15, 0.2) is 0 Å². The number of esters is 2. The first-order valence-corrected chi connectivity index (χ1v) is 11.7. The van der Waals surface area contributed by atoms with E-state index in [1.807, 2.05) is 6.07 Å². The zero-order valence-corrected chi connectivity index (χ0v) is 19.9. The van der Waals surface area contributed by atoms with Gasteiger partial charge in [-0.25, -0.2) is 0 Å². The second kappa shape index (κ2) is 14.2. The van der Waals surface area contributed by atoms with Crippen molar-refractivity contribution in [3.63, 3.8) is 0 Å². The van der Waals surface area contributed by atoms with E-state index in [1.165, 1.54) is 5.56 Å². The molecule has 0 spiro atoms. The average Bonchev–Trinajstić information content (AvgIpc) is 2.70. The molecular weight excluding hydrogens is 376 g/mol. The van der Waals surface area contributed by atoms with Crippen molar-refractivity contribution in [2.75, 3.05) is 0 Å². The van der Waals surface area contributed by atoms with Gasteiger partial charge in [0.25, 0.3) is 0 Å². The Balaban J connectivity index is 2.69. The minimum Gasteiger partial charge on any atom is -0.461 e. The van der Waals surface area contributed by atoms with Crippen molar-refractivity contribution in [3.05, 3.63) is 34.9 Å². The zero-order valence-electron chi connectivity index (χ0n) is 19.9. The van der Waals surface area contributed by atoms with Crippen LogP contribution < -0.4 is 0 Å². The summed E-state index contributed by atoms with van der Waals surface area (Å²) >= 11 is 0. The van der Waals surface area contributed by atoms with Gasteiger partial charge in [-0.1, -0.05) is 91.3 Å². The predicted molar refractivity (Wildman–Crippen MR) is 122 cm³/mol. The molecule has 0 N–H and O–H groups in total. The molecule has 0 aliphatic rings. The molecule has 0 aliphatic heterocycles. The van der Waals surface area contributed by atoms with Crippen LogP contribution in [0.2, 0.25) is 0 Å². The first-order chi connectivity index (χ1) is 14.3. The topological polar surface area (TPSA) is 52.6 Å². The summed E-state index contributed by atoms with van der Waals surface area (Å²) in [6.07, 6.45) is 9.38. The fourth-order valence-corrected chi connectivity index (χ4v) is 3.22. The Morgan fingerprint density at radius 1 is 0.733 bits per heavy atom. The van der Waals surface area contributed by atoms with Gasteiger partial charge in [-0.05, 0) is 34.9 Å². The molecular formula is C26H42O4. The molecule has 0 radical (unpaired) electrons. The van der Waals surface area contributed by atoms with Crippen molar-refractivity contribution >= 4 is 11.9 Å². The lowest BCUT2D eigenvalue weighted by Crippen LogP contribution is -2.14. The van der Waals surface area contributed by atoms with Crippen molar-refractivity contribution < 1.29 is 19.1 Å². The minimum absolute atomic E-state index is 0.00655. The van der Waals surface area contributed by atoms with E-state index in [2.05, 4.69) is 46.8 Å². The molecule has 1 aromatic rings. The first-order valence-electron chi connectivity index (χ1n) is 11.7. The van der Waals surface area contributed by atoms with Gasteiger partial charge in [-0.15, -0.1) is 0 Å². The molecule has 4 heteroatoms. The summed E-state index contributed by atoms with van der Waals surface area (Å²) in [4.78, 5) is 24.1. The molecule has 0 aliphatic carbocycles. The zero-order chi connectivity index (χ0) is 22.4. The number of ether oxygens (including phenoxy) is 2. The fourth-order valence-electron chi connectivity index (χ4n) is 3.22. The van der Waals surface area contributed by atoms with Gasteiger partial charge in [0.05, 0.1) is 0 Å². The molecule has 0 atom stereocenters. The monoisotopic (exact) mass is 418 g/mol. The van der Waals surface area contributed by atoms with Crippen molar-refractivity contribution in [3.8, 4) is 0 Å². The molecule has 0 unspecified atom stereocenters. The molecule has 1 aromatic carbocycles. The Bertz CT molecular complexity index is 643. The highest BCUT2D eigenvalue weighted by atomic mass is 16.5. The highest BCUT2D eigenvalue weighted by Gasteiger charge is 2.17. The van der Waals surface area contributed by atoms with Crippen LogP contribution in [0.15, 0.2) is 18.2 Å². The first kappa shape index (κ1) is 26.2. The average molecular weight is 419 g/mol. The van der Waals surface area contributed by atoms with Crippen molar-refractivity contribution in [1.29, 1.82) is 0 Å². The van der Waals surface area contributed by atoms with Crippen LogP contribution in [0.3, 0.4) is 0 Å². The maximum absolute atomic E-state index is 12.1. The van der Waals surface area contributed by atoms with Crippen LogP contribution in [0.25, 0.3) is 0 Å². The van der Waals surface area contributed by atoms with E-state index in [-0.39, 0.29) is 30.6 Å². The third-order valence-electron chi connectivity index (χ3n) is 5.32. The van der Waals surface area contributed by atoms with Gasteiger partial charge >= 0.3 is 11.9 Å². The molecule has 0 aromatic heterocycles. The van der Waals surface area contributed by atoms with Crippen LogP contribution in [0.5, 0.6) is 0 Å². The predicted octanol–water partition coefficient (Wildman–Crippen LogP) is 7.01. The smallest absolute Gasteiger partial charge is 0.306 e. The summed E-state index contributed by atoms with van der Waals surface area (Å²) in [5.41, 5.74) is 2.99. The lowest BCUT2D eigenvalue weighted by atomic mass is 9.85. The third kappa shape index (κ3) is 10.8. The quantitative estimate of drug-likeness (QED) is 0.241. The lowest BCUT2D eigenvalue weighted by molar-refractivity contribution is -0.146. The van der Waals surface area contributed by atoms with E-state index >= 15 is 0 Å². The Labute approximate surface area is 183 Å². The Morgan fingerprint density at radius 3 is 1.70 bits per heavy atom. The van der Waals surface area contributed by atoms with E-state index < -0.39 is 0 Å². The number of hydrogen-bond acceptors (Lipinski definition) is 4. The summed E-state index contributed by atoms with van der Waals surface area (Å²) in [5.74, 6) is -0.323. The van der Waals surface area contributed by atoms with Crippen LogP contribution in [-0.2, 0) is 37.7 Å². The largest absolute Gasteiger partial charge is 0.461 e. The number of benzene rings is 1. The number of rotatable bonds is 14. The van der Waals surface area contributed by atoms with E-state index in [0.717, 1.165) is 62.5 Å². The van der Waals surface area contributed by atoms with Crippen LogP contribution in [-0.4, -0.2) is 11.9 Å². The number of carbonyl (C=O) groups is 2. The van der Waals surface area contributed by atoms with Gasteiger partial charge in [-0.3, -0.25) is 9.59 Å². The highest BCUT2D eigenvalue weighted by molar-refractivity contribution is 5.69. The second-order valence-corrected chi connectivity index (χ2v) is 9.18. The number of hydrogen-bond donors (Lipinski definition) is 0. The maximum Gasteiger partial charge on any atom is 0.306 e. The lowest BCUT2D eigenvalue weighted by Gasteiger charge is -2.21. The molecule has 0 saturated carbocycles. The minimum atomic E-state index is -0.162. The second-order valence-electron chi connectivity index (χ2n) is 9.18. The molecule has 1 rings (SSSR count). The van der Waals surface area contributed by atoms with E-state index in [4.69, 9.17) is 9.47 Å². The summed E-state index contributed by atoms with van der Waals surface area (Å²) in [6, 6.07) is 6.14. The SMILES string of the molecule is CCCCCCC(=O)OCc1ccc(C(C)(C)C)cc1COC(=O)CCCCCC. The molecule has 4 nitrogen and oxygen atoms in total. The molecule has 0 fully saturated rings. The van der Waals surface area contributed by atoms with Crippen LogP contribution in [0.1, 0.15) is 116 Å². The van der Waals surface area contributed by atoms with Crippen molar-refractivity contribution in [2.45, 2.75) is 117 Å². The van der Waals surface area contributed by atoms with E-state index in [1.54, 1.807) is 0 Å². The summed E-state index contributed by atoms with van der Waals surface area (Å²) in [6.45, 7) is 11.2. The molecule has 0 bridgehead atoms. The Hall–Kier alpha value is -1.84. The fraction of sp³-hybridized carbons (Fsp3) is 0.692. The van der Waals surface area contributed by atoms with Crippen LogP contribution in [0, 0.1) is 0 Å². The third-order valence-corrected chi connectivity index (χ3v) is 5.32. The van der Waals surface area contributed by atoms with Gasteiger partial charge in [0.2, 0.25) is 0 Å². The van der Waals surface area contributed by atoms with Gasteiger partial charge < -0.3 is 9.47 Å². The summed E-state index contributed by atoms with van der Waals surface area (Å²) in [5, 5.41) is 0. The van der Waals surface area contributed by atoms with Crippen molar-refractivity contribution in [2.24, 2.45) is 0 Å². The summed E-state index contributed by atoms with van der Waals surface area (Å²) in [7, 11) is 0. The van der Waals surface area contributed by atoms with E-state index in [0.29, 0.717) is 12.8 Å². The van der Waals surface area contributed by atoms with Crippen molar-refractivity contribution in [1.82, 2.24) is 0 Å². The maximum atomic E-state index is 12.1. The Kier molecular flexibility index (Phi) is 12.4. The van der Waals surface area contributed by atoms with Gasteiger partial charge in [0.1, 0.15) is 13.2 Å². The number of carbonyl (C=O) groups excluding carboxylic acids is 2. The number of unbranched alkanes of at least 4 members (excludes halogenated alkanes) is 6. The van der Waals surface area contributed by atoms with Gasteiger partial charge in [-0.2, -0.15) is 0 Å². The molecule has 0 amide bonds. The molecule has 0 heterocycles. The molecule has 0 saturated heterocycles. The van der Waals surface area contributed by atoms with E-state index in [9.17, 15) is 9.59 Å². The van der Waals surface area contributed by atoms with Crippen LogP contribution >= 0.6 is 0 Å². The molecule has 170 valence electrons. The normalized spacial score (nSPS) is 11.4. The molecule has 30 heavy (non-hydrogen) atoms. The highest BCUT2D eigenvalue weighted by Crippen LogP contribution is 2.26.